The quantitative estimate of drug-likeness (QED) is 0.397. The Morgan fingerprint density at radius 1 is 1.28 bits per heavy atom. The summed E-state index contributed by atoms with van der Waals surface area (Å²) in [5.74, 6) is 1.000. The third-order valence-corrected chi connectivity index (χ3v) is 7.25. The molecule has 9 nitrogen and oxygen atoms in total. The second kappa shape index (κ2) is 8.93. The molecular formula is C17H20N6O3S3. The van der Waals surface area contributed by atoms with Crippen LogP contribution in [0.15, 0.2) is 35.5 Å². The molecule has 2 aromatic heterocycles. The zero-order valence-corrected chi connectivity index (χ0v) is 18.5. The number of sulfonamides is 1. The molecule has 29 heavy (non-hydrogen) atoms. The number of anilines is 1. The van der Waals surface area contributed by atoms with E-state index >= 15 is 0 Å². The van der Waals surface area contributed by atoms with Crippen LogP contribution >= 0.6 is 23.1 Å². The van der Waals surface area contributed by atoms with Gasteiger partial charge in [-0.1, -0.05) is 53.4 Å². The van der Waals surface area contributed by atoms with Gasteiger partial charge in [-0.15, -0.1) is 5.10 Å². The summed E-state index contributed by atoms with van der Waals surface area (Å²) in [6.07, 6.45) is 1.09. The zero-order chi connectivity index (χ0) is 21.0. The highest BCUT2D eigenvalue weighted by Crippen LogP contribution is 2.26. The van der Waals surface area contributed by atoms with Gasteiger partial charge in [0, 0.05) is 24.9 Å². The first-order valence-electron chi connectivity index (χ1n) is 8.56. The van der Waals surface area contributed by atoms with Crippen molar-refractivity contribution < 1.29 is 13.2 Å². The number of aromatic amines is 1. The fraction of sp³-hybridized carbons (Fsp3) is 0.294. The van der Waals surface area contributed by atoms with Crippen LogP contribution < -0.4 is 9.62 Å². The molecule has 0 saturated carbocycles. The zero-order valence-electron chi connectivity index (χ0n) is 16.0. The number of aromatic nitrogens is 4. The van der Waals surface area contributed by atoms with Crippen molar-refractivity contribution in [3.8, 4) is 11.4 Å². The number of rotatable bonds is 8. The summed E-state index contributed by atoms with van der Waals surface area (Å²) >= 11 is 2.47. The molecule has 3 rings (SSSR count). The Kier molecular flexibility index (Phi) is 6.55. The first kappa shape index (κ1) is 21.3. The van der Waals surface area contributed by atoms with E-state index in [0.717, 1.165) is 27.5 Å². The molecule has 0 fully saturated rings. The number of hydrogen-bond acceptors (Lipinski definition) is 8. The van der Waals surface area contributed by atoms with Crippen molar-refractivity contribution >= 4 is 44.2 Å². The molecule has 0 aliphatic carbocycles. The number of H-pyrrole nitrogens is 1. The predicted molar refractivity (Wildman–Crippen MR) is 115 cm³/mol. The summed E-state index contributed by atoms with van der Waals surface area (Å²) in [6, 6.07) is 9.69. The number of amides is 1. The summed E-state index contributed by atoms with van der Waals surface area (Å²) < 4.78 is 24.3. The largest absolute Gasteiger partial charge is 0.350 e. The van der Waals surface area contributed by atoms with E-state index in [4.69, 9.17) is 0 Å². The maximum absolute atomic E-state index is 12.4. The molecule has 3 aromatic rings. The van der Waals surface area contributed by atoms with Gasteiger partial charge in [0.1, 0.15) is 4.88 Å². The molecule has 0 radical (unpaired) electrons. The SMILES string of the molecule is Cc1nc(N(C)S(C)(=O)=O)sc1C(=O)NCCSc1n[nH]c(-c2ccccc2)n1. The second-order valence-electron chi connectivity index (χ2n) is 6.08. The number of thiazole rings is 1. The minimum atomic E-state index is -3.43. The minimum Gasteiger partial charge on any atom is -0.350 e. The normalized spacial score (nSPS) is 11.4. The minimum absolute atomic E-state index is 0.263. The summed E-state index contributed by atoms with van der Waals surface area (Å²) in [6.45, 7) is 2.09. The number of carbonyl (C=O) groups excluding carboxylic acids is 1. The molecule has 2 N–H and O–H groups in total. The molecule has 12 heteroatoms. The molecule has 154 valence electrons. The molecule has 1 amide bonds. The number of benzene rings is 1. The number of hydrogen-bond donors (Lipinski definition) is 2. The second-order valence-corrected chi connectivity index (χ2v) is 10.1. The standard InChI is InChI=1S/C17H20N6O3S3/c1-11-13(28-17(19-11)23(2)29(3,25)26)15(24)18-9-10-27-16-20-14(21-22-16)12-7-5-4-6-8-12/h4-8H,9-10H2,1-3H3,(H,18,24)(H,20,21,22). The highest BCUT2D eigenvalue weighted by molar-refractivity contribution is 7.99. The van der Waals surface area contributed by atoms with E-state index in [1.54, 1.807) is 6.92 Å². The van der Waals surface area contributed by atoms with Crippen molar-refractivity contribution in [1.29, 1.82) is 0 Å². The summed E-state index contributed by atoms with van der Waals surface area (Å²) in [4.78, 5) is 21.4. The Bertz CT molecular complexity index is 1090. The maximum atomic E-state index is 12.4. The van der Waals surface area contributed by atoms with Gasteiger partial charge in [0.25, 0.3) is 5.91 Å². The van der Waals surface area contributed by atoms with Crippen LogP contribution in [0.3, 0.4) is 0 Å². The van der Waals surface area contributed by atoms with Crippen LogP contribution in [0.4, 0.5) is 5.13 Å². The van der Waals surface area contributed by atoms with Crippen LogP contribution in [0.5, 0.6) is 0 Å². The van der Waals surface area contributed by atoms with E-state index in [9.17, 15) is 13.2 Å². The third kappa shape index (κ3) is 5.34. The Hall–Kier alpha value is -2.44. The number of aryl methyl sites for hydroxylation is 1. The van der Waals surface area contributed by atoms with E-state index in [1.807, 2.05) is 30.3 Å². The van der Waals surface area contributed by atoms with Gasteiger partial charge < -0.3 is 5.32 Å². The summed E-state index contributed by atoms with van der Waals surface area (Å²) in [5.41, 5.74) is 1.45. The fourth-order valence-corrected chi connectivity index (χ4v) is 4.64. The Morgan fingerprint density at radius 2 is 2.00 bits per heavy atom. The molecule has 0 bridgehead atoms. The van der Waals surface area contributed by atoms with Gasteiger partial charge in [-0.25, -0.2) is 22.7 Å². The van der Waals surface area contributed by atoms with Crippen molar-refractivity contribution in [2.24, 2.45) is 0 Å². The Morgan fingerprint density at radius 3 is 2.69 bits per heavy atom. The third-order valence-electron chi connectivity index (χ3n) is 3.89. The van der Waals surface area contributed by atoms with Crippen LogP contribution in [0.2, 0.25) is 0 Å². The highest BCUT2D eigenvalue weighted by atomic mass is 32.2. The Balaban J connectivity index is 1.52. The van der Waals surface area contributed by atoms with Crippen molar-refractivity contribution in [2.75, 3.05) is 29.9 Å². The average Bonchev–Trinajstić information content (AvgIpc) is 3.31. The predicted octanol–water partition coefficient (Wildman–Crippen LogP) is 2.15. The number of thioether (sulfide) groups is 1. The molecule has 0 aliphatic heterocycles. The van der Waals surface area contributed by atoms with Gasteiger partial charge in [-0.05, 0) is 6.92 Å². The van der Waals surface area contributed by atoms with Gasteiger partial charge >= 0.3 is 0 Å². The smallest absolute Gasteiger partial charge is 0.263 e. The lowest BCUT2D eigenvalue weighted by Crippen LogP contribution is -2.25. The van der Waals surface area contributed by atoms with Crippen molar-refractivity contribution in [1.82, 2.24) is 25.5 Å². The van der Waals surface area contributed by atoms with Crippen LogP contribution in [0.1, 0.15) is 15.4 Å². The molecule has 0 atom stereocenters. The van der Waals surface area contributed by atoms with E-state index < -0.39 is 10.0 Å². The molecule has 0 spiro atoms. The van der Waals surface area contributed by atoms with E-state index in [1.165, 1.54) is 18.8 Å². The molecular weight excluding hydrogens is 432 g/mol. The van der Waals surface area contributed by atoms with E-state index in [0.29, 0.717) is 33.8 Å². The summed E-state index contributed by atoms with van der Waals surface area (Å²) in [5, 5.41) is 10.8. The van der Waals surface area contributed by atoms with Crippen molar-refractivity contribution in [2.45, 2.75) is 12.1 Å². The van der Waals surface area contributed by atoms with Crippen LogP contribution in [-0.2, 0) is 10.0 Å². The topological polar surface area (TPSA) is 121 Å². The molecule has 0 aliphatic rings. The van der Waals surface area contributed by atoms with Gasteiger partial charge in [0.05, 0.1) is 11.9 Å². The first-order valence-corrected chi connectivity index (χ1v) is 12.2. The number of nitrogens with one attached hydrogen (secondary N) is 2. The number of carbonyl (C=O) groups is 1. The van der Waals surface area contributed by atoms with Gasteiger partial charge in [0.2, 0.25) is 15.2 Å². The maximum Gasteiger partial charge on any atom is 0.263 e. The van der Waals surface area contributed by atoms with E-state index in [2.05, 4.69) is 25.5 Å². The first-order chi connectivity index (χ1) is 13.8. The molecule has 0 saturated heterocycles. The number of nitrogens with zero attached hydrogens (tertiary/aromatic N) is 4. The molecule has 1 aromatic carbocycles. The van der Waals surface area contributed by atoms with Gasteiger partial charge in [-0.3, -0.25) is 9.89 Å². The van der Waals surface area contributed by atoms with Crippen molar-refractivity contribution in [3.63, 3.8) is 0 Å². The summed E-state index contributed by atoms with van der Waals surface area (Å²) in [7, 11) is -2.02. The fourth-order valence-electron chi connectivity index (χ4n) is 2.29. The van der Waals surface area contributed by atoms with Crippen molar-refractivity contribution in [3.05, 3.63) is 40.9 Å². The lowest BCUT2D eigenvalue weighted by Gasteiger charge is -2.11. The van der Waals surface area contributed by atoms with Crippen LogP contribution in [0, 0.1) is 6.92 Å². The van der Waals surface area contributed by atoms with E-state index in [-0.39, 0.29) is 11.0 Å². The van der Waals surface area contributed by atoms with Crippen LogP contribution in [-0.4, -0.2) is 60.1 Å². The Labute approximate surface area is 177 Å². The monoisotopic (exact) mass is 452 g/mol. The lowest BCUT2D eigenvalue weighted by atomic mass is 10.2. The molecule has 2 heterocycles. The highest BCUT2D eigenvalue weighted by Gasteiger charge is 2.21. The van der Waals surface area contributed by atoms with Crippen LogP contribution in [0.25, 0.3) is 11.4 Å². The van der Waals surface area contributed by atoms with Gasteiger partial charge in [0.15, 0.2) is 11.0 Å². The van der Waals surface area contributed by atoms with Gasteiger partial charge in [-0.2, -0.15) is 0 Å². The average molecular weight is 453 g/mol. The lowest BCUT2D eigenvalue weighted by molar-refractivity contribution is 0.0959. The molecule has 0 unspecified atom stereocenters.